The molecule has 0 saturated heterocycles. The Morgan fingerprint density at radius 1 is 1.26 bits per heavy atom. The summed E-state index contributed by atoms with van der Waals surface area (Å²) in [7, 11) is 0. The van der Waals surface area contributed by atoms with Gasteiger partial charge in [0.05, 0.1) is 0 Å². The molecule has 0 aliphatic carbocycles. The molecule has 0 spiro atoms. The standard InChI is InChI=1S/C15H15ClFNS/c1-10-7-12(17)5-6-14(10)15(18)9-19-13-4-2-3-11(16)8-13/h2-8,15H,9,18H2,1H3. The summed E-state index contributed by atoms with van der Waals surface area (Å²) in [6.07, 6.45) is 0. The number of rotatable bonds is 4. The molecule has 2 aromatic carbocycles. The number of hydrogen-bond acceptors (Lipinski definition) is 2. The lowest BCUT2D eigenvalue weighted by molar-refractivity contribution is 0.624. The summed E-state index contributed by atoms with van der Waals surface area (Å²) in [5, 5.41) is 0.719. The first-order chi connectivity index (χ1) is 9.06. The Labute approximate surface area is 122 Å². The Balaban J connectivity index is 2.03. The van der Waals surface area contributed by atoms with Crippen LogP contribution in [0.2, 0.25) is 5.02 Å². The van der Waals surface area contributed by atoms with Crippen molar-refractivity contribution in [2.75, 3.05) is 5.75 Å². The molecule has 0 saturated carbocycles. The Morgan fingerprint density at radius 3 is 2.74 bits per heavy atom. The number of halogens is 2. The van der Waals surface area contributed by atoms with Gasteiger partial charge in [-0.2, -0.15) is 0 Å². The van der Waals surface area contributed by atoms with Crippen molar-refractivity contribution in [3.8, 4) is 0 Å². The minimum Gasteiger partial charge on any atom is -0.323 e. The summed E-state index contributed by atoms with van der Waals surface area (Å²) < 4.78 is 13.0. The first-order valence-corrected chi connectivity index (χ1v) is 7.32. The van der Waals surface area contributed by atoms with Crippen LogP contribution >= 0.6 is 23.4 Å². The summed E-state index contributed by atoms with van der Waals surface area (Å²) in [6, 6.07) is 12.3. The normalized spacial score (nSPS) is 12.4. The molecule has 0 bridgehead atoms. The molecule has 2 N–H and O–H groups in total. The minimum absolute atomic E-state index is 0.121. The Kier molecular flexibility index (Phi) is 4.86. The van der Waals surface area contributed by atoms with E-state index in [4.69, 9.17) is 17.3 Å². The summed E-state index contributed by atoms with van der Waals surface area (Å²) in [5.41, 5.74) is 8.03. The number of nitrogens with two attached hydrogens (primary N) is 1. The second-order valence-corrected chi connectivity index (χ2v) is 5.91. The van der Waals surface area contributed by atoms with E-state index in [1.165, 1.54) is 12.1 Å². The van der Waals surface area contributed by atoms with E-state index in [-0.39, 0.29) is 11.9 Å². The lowest BCUT2D eigenvalue weighted by Gasteiger charge is -2.14. The molecule has 100 valence electrons. The monoisotopic (exact) mass is 295 g/mol. The Hall–Kier alpha value is -1.03. The van der Waals surface area contributed by atoms with Crippen LogP contribution in [0.1, 0.15) is 17.2 Å². The molecule has 0 aliphatic heterocycles. The van der Waals surface area contributed by atoms with Gasteiger partial charge in [0.25, 0.3) is 0 Å². The summed E-state index contributed by atoms with van der Waals surface area (Å²) in [5.74, 6) is 0.503. The highest BCUT2D eigenvalue weighted by atomic mass is 35.5. The van der Waals surface area contributed by atoms with E-state index in [0.717, 1.165) is 26.8 Å². The zero-order valence-corrected chi connectivity index (χ0v) is 12.1. The molecule has 0 fully saturated rings. The largest absolute Gasteiger partial charge is 0.323 e. The maximum absolute atomic E-state index is 13.0. The van der Waals surface area contributed by atoms with Gasteiger partial charge in [-0.1, -0.05) is 23.7 Å². The van der Waals surface area contributed by atoms with E-state index >= 15 is 0 Å². The highest BCUT2D eigenvalue weighted by Gasteiger charge is 2.10. The predicted molar refractivity (Wildman–Crippen MR) is 80.2 cm³/mol. The molecular weight excluding hydrogens is 281 g/mol. The lowest BCUT2D eigenvalue weighted by Crippen LogP contribution is -2.14. The first kappa shape index (κ1) is 14.4. The van der Waals surface area contributed by atoms with Crippen LogP contribution in [-0.2, 0) is 0 Å². The zero-order chi connectivity index (χ0) is 13.8. The predicted octanol–water partition coefficient (Wildman–Crippen LogP) is 4.58. The van der Waals surface area contributed by atoms with Gasteiger partial charge in [-0.05, 0) is 48.4 Å². The molecule has 19 heavy (non-hydrogen) atoms. The van der Waals surface area contributed by atoms with Crippen LogP contribution in [0.3, 0.4) is 0 Å². The molecule has 1 nitrogen and oxygen atoms in total. The van der Waals surface area contributed by atoms with Crippen molar-refractivity contribution in [3.05, 3.63) is 64.4 Å². The maximum Gasteiger partial charge on any atom is 0.123 e. The van der Waals surface area contributed by atoms with Crippen LogP contribution in [0.25, 0.3) is 0 Å². The van der Waals surface area contributed by atoms with Crippen molar-refractivity contribution in [2.24, 2.45) is 5.73 Å². The molecule has 2 rings (SSSR count). The van der Waals surface area contributed by atoms with Gasteiger partial charge in [-0.15, -0.1) is 11.8 Å². The van der Waals surface area contributed by atoms with Gasteiger partial charge in [-0.3, -0.25) is 0 Å². The molecule has 0 aromatic heterocycles. The van der Waals surface area contributed by atoms with E-state index in [9.17, 15) is 4.39 Å². The molecule has 1 unspecified atom stereocenters. The summed E-state index contributed by atoms with van der Waals surface area (Å²) >= 11 is 7.58. The van der Waals surface area contributed by atoms with Gasteiger partial charge < -0.3 is 5.73 Å². The molecular formula is C15H15ClFNS. The first-order valence-electron chi connectivity index (χ1n) is 5.96. The van der Waals surface area contributed by atoms with E-state index in [1.807, 2.05) is 31.2 Å². The Morgan fingerprint density at radius 2 is 2.05 bits per heavy atom. The van der Waals surface area contributed by atoms with Crippen molar-refractivity contribution in [1.29, 1.82) is 0 Å². The molecule has 4 heteroatoms. The van der Waals surface area contributed by atoms with Crippen LogP contribution in [0.15, 0.2) is 47.4 Å². The zero-order valence-electron chi connectivity index (χ0n) is 10.6. The highest BCUT2D eigenvalue weighted by Crippen LogP contribution is 2.26. The van der Waals surface area contributed by atoms with Crippen LogP contribution in [0.4, 0.5) is 4.39 Å². The number of thioether (sulfide) groups is 1. The van der Waals surface area contributed by atoms with E-state index in [0.29, 0.717) is 0 Å². The van der Waals surface area contributed by atoms with E-state index < -0.39 is 0 Å². The Bertz CT molecular complexity index is 574. The number of aryl methyl sites for hydroxylation is 1. The second kappa shape index (κ2) is 6.42. The quantitative estimate of drug-likeness (QED) is 0.836. The third-order valence-corrected chi connectivity index (χ3v) is 4.21. The SMILES string of the molecule is Cc1cc(F)ccc1C(N)CSc1cccc(Cl)c1. The third-order valence-electron chi connectivity index (χ3n) is 2.86. The van der Waals surface area contributed by atoms with Crippen molar-refractivity contribution in [3.63, 3.8) is 0 Å². The van der Waals surface area contributed by atoms with Gasteiger partial charge >= 0.3 is 0 Å². The smallest absolute Gasteiger partial charge is 0.123 e. The van der Waals surface area contributed by atoms with Crippen LogP contribution in [-0.4, -0.2) is 5.75 Å². The van der Waals surface area contributed by atoms with Gasteiger partial charge in [0.15, 0.2) is 0 Å². The van der Waals surface area contributed by atoms with Crippen molar-refractivity contribution < 1.29 is 4.39 Å². The molecule has 0 heterocycles. The van der Waals surface area contributed by atoms with Crippen molar-refractivity contribution >= 4 is 23.4 Å². The van der Waals surface area contributed by atoms with E-state index in [1.54, 1.807) is 17.8 Å². The van der Waals surface area contributed by atoms with Gasteiger partial charge in [0, 0.05) is 21.7 Å². The molecule has 2 aromatic rings. The fourth-order valence-corrected chi connectivity index (χ4v) is 3.08. The fraction of sp³-hybridized carbons (Fsp3) is 0.200. The van der Waals surface area contributed by atoms with E-state index in [2.05, 4.69) is 0 Å². The van der Waals surface area contributed by atoms with Crippen molar-refractivity contribution in [2.45, 2.75) is 17.9 Å². The summed E-state index contributed by atoms with van der Waals surface area (Å²) in [6.45, 7) is 1.88. The average molecular weight is 296 g/mol. The maximum atomic E-state index is 13.0. The lowest BCUT2D eigenvalue weighted by atomic mass is 10.0. The molecule has 0 amide bonds. The number of benzene rings is 2. The van der Waals surface area contributed by atoms with Gasteiger partial charge in [-0.25, -0.2) is 4.39 Å². The molecule has 0 aliphatic rings. The van der Waals surface area contributed by atoms with Crippen LogP contribution in [0, 0.1) is 12.7 Å². The van der Waals surface area contributed by atoms with Crippen molar-refractivity contribution in [1.82, 2.24) is 0 Å². The third kappa shape index (κ3) is 3.96. The second-order valence-electron chi connectivity index (χ2n) is 4.38. The minimum atomic E-state index is -0.226. The fourth-order valence-electron chi connectivity index (χ4n) is 1.89. The van der Waals surface area contributed by atoms with Gasteiger partial charge in [0.1, 0.15) is 5.82 Å². The number of hydrogen-bond donors (Lipinski definition) is 1. The molecule has 1 atom stereocenters. The van der Waals surface area contributed by atoms with Gasteiger partial charge in [0.2, 0.25) is 0 Å². The van der Waals surface area contributed by atoms with Crippen LogP contribution < -0.4 is 5.73 Å². The molecule has 0 radical (unpaired) electrons. The average Bonchev–Trinajstić information content (AvgIpc) is 2.36. The summed E-state index contributed by atoms with van der Waals surface area (Å²) in [4.78, 5) is 1.09. The van der Waals surface area contributed by atoms with Crippen LogP contribution in [0.5, 0.6) is 0 Å². The highest BCUT2D eigenvalue weighted by molar-refractivity contribution is 7.99. The topological polar surface area (TPSA) is 26.0 Å².